The molecule has 2 amide bonds. The van der Waals surface area contributed by atoms with Crippen molar-refractivity contribution in [1.82, 2.24) is 25.0 Å². The summed E-state index contributed by atoms with van der Waals surface area (Å²) in [6.07, 6.45) is 0.239. The fraction of sp³-hybridized carbons (Fsp3) is 0.500. The molecule has 0 aliphatic carbocycles. The number of nitrogens with zero attached hydrogens (tertiary/aromatic N) is 3. The van der Waals surface area contributed by atoms with Gasteiger partial charge < -0.3 is 10.2 Å². The first-order valence-corrected chi connectivity index (χ1v) is 9.82. The lowest BCUT2D eigenvalue weighted by Gasteiger charge is -2.25. The van der Waals surface area contributed by atoms with E-state index in [2.05, 4.69) is 15.5 Å². The second-order valence-electron chi connectivity index (χ2n) is 7.83. The molecule has 1 aromatic carbocycles. The third-order valence-electron chi connectivity index (χ3n) is 4.20. The minimum Gasteiger partial charge on any atom is -0.350 e. The highest BCUT2D eigenvalue weighted by Crippen LogP contribution is 2.18. The van der Waals surface area contributed by atoms with Crippen LogP contribution in [0.1, 0.15) is 39.7 Å². The molecule has 0 aliphatic heterocycles. The highest BCUT2D eigenvalue weighted by atomic mass is 32.1. The smallest absolute Gasteiger partial charge is 0.240 e. The van der Waals surface area contributed by atoms with E-state index >= 15 is 0 Å². The van der Waals surface area contributed by atoms with Crippen LogP contribution in [0.5, 0.6) is 0 Å². The van der Waals surface area contributed by atoms with Crippen molar-refractivity contribution in [2.24, 2.45) is 0 Å². The number of nitrogens with one attached hydrogen (secondary N) is 2. The highest BCUT2D eigenvalue weighted by Gasteiger charge is 2.20. The summed E-state index contributed by atoms with van der Waals surface area (Å²) in [5.74, 6) is 0.443. The van der Waals surface area contributed by atoms with Crippen LogP contribution >= 0.6 is 12.2 Å². The van der Waals surface area contributed by atoms with Crippen molar-refractivity contribution in [2.75, 3.05) is 13.1 Å². The molecule has 1 heterocycles. The van der Waals surface area contributed by atoms with Gasteiger partial charge in [0.1, 0.15) is 0 Å². The maximum absolute atomic E-state index is 12.6. The Labute approximate surface area is 171 Å². The molecule has 0 saturated carbocycles. The third kappa shape index (κ3) is 6.02. The van der Waals surface area contributed by atoms with Gasteiger partial charge in [-0.15, -0.1) is 0 Å². The zero-order chi connectivity index (χ0) is 20.9. The van der Waals surface area contributed by atoms with Gasteiger partial charge in [0.25, 0.3) is 0 Å². The van der Waals surface area contributed by atoms with Gasteiger partial charge in [-0.25, -0.2) is 0 Å². The van der Waals surface area contributed by atoms with Crippen molar-refractivity contribution in [3.63, 3.8) is 0 Å². The minimum atomic E-state index is -0.327. The zero-order valence-corrected chi connectivity index (χ0v) is 18.0. The van der Waals surface area contributed by atoms with Crippen molar-refractivity contribution in [1.29, 1.82) is 0 Å². The van der Waals surface area contributed by atoms with Gasteiger partial charge in [-0.2, -0.15) is 5.10 Å². The van der Waals surface area contributed by atoms with Gasteiger partial charge in [0.2, 0.25) is 11.8 Å². The SMILES string of the molecule is CCN(CC(=O)NC(C)(C)C)C(=O)CCn1c(-c2ccc(C)cc2)n[nH]c1=S. The quantitative estimate of drug-likeness (QED) is 0.696. The molecular weight excluding hydrogens is 374 g/mol. The Bertz CT molecular complexity index is 877. The lowest BCUT2D eigenvalue weighted by Crippen LogP contribution is -2.47. The van der Waals surface area contributed by atoms with Crippen LogP contribution in [0.2, 0.25) is 0 Å². The number of H-pyrrole nitrogens is 1. The Balaban J connectivity index is 2.05. The lowest BCUT2D eigenvalue weighted by atomic mass is 10.1. The number of aromatic amines is 1. The number of hydrogen-bond acceptors (Lipinski definition) is 4. The van der Waals surface area contributed by atoms with Gasteiger partial charge in [-0.1, -0.05) is 29.8 Å². The summed E-state index contributed by atoms with van der Waals surface area (Å²) in [4.78, 5) is 26.3. The molecule has 0 atom stereocenters. The van der Waals surface area contributed by atoms with Gasteiger partial charge >= 0.3 is 0 Å². The summed E-state index contributed by atoms with van der Waals surface area (Å²) in [6.45, 7) is 10.5. The fourth-order valence-electron chi connectivity index (χ4n) is 2.82. The number of benzene rings is 1. The molecule has 0 fully saturated rings. The van der Waals surface area contributed by atoms with E-state index < -0.39 is 0 Å². The maximum atomic E-state index is 12.6. The highest BCUT2D eigenvalue weighted by molar-refractivity contribution is 7.71. The first-order chi connectivity index (χ1) is 13.1. The zero-order valence-electron chi connectivity index (χ0n) is 17.2. The molecule has 1 aromatic heterocycles. The average Bonchev–Trinajstić information content (AvgIpc) is 2.97. The summed E-state index contributed by atoms with van der Waals surface area (Å²) in [7, 11) is 0. The van der Waals surface area contributed by atoms with Crippen LogP contribution in [-0.4, -0.2) is 50.1 Å². The number of hydrogen-bond donors (Lipinski definition) is 2. The number of carbonyl (C=O) groups is 2. The summed E-state index contributed by atoms with van der Waals surface area (Å²) >= 11 is 5.33. The Morgan fingerprint density at radius 3 is 2.46 bits per heavy atom. The van der Waals surface area contributed by atoms with Crippen LogP contribution < -0.4 is 5.32 Å². The molecule has 7 nitrogen and oxygen atoms in total. The summed E-state index contributed by atoms with van der Waals surface area (Å²) in [5.41, 5.74) is 1.76. The molecule has 0 radical (unpaired) electrons. The van der Waals surface area contributed by atoms with Crippen molar-refractivity contribution in [3.05, 3.63) is 34.6 Å². The normalized spacial score (nSPS) is 11.3. The van der Waals surface area contributed by atoms with Crippen LogP contribution in [-0.2, 0) is 16.1 Å². The van der Waals surface area contributed by atoms with Gasteiger partial charge in [0.05, 0.1) is 6.54 Å². The monoisotopic (exact) mass is 403 g/mol. The molecule has 0 saturated heterocycles. The van der Waals surface area contributed by atoms with Crippen LogP contribution in [0.25, 0.3) is 11.4 Å². The topological polar surface area (TPSA) is 83.0 Å². The molecular formula is C20H29N5O2S. The van der Waals surface area contributed by atoms with Crippen molar-refractivity contribution in [2.45, 2.75) is 53.1 Å². The van der Waals surface area contributed by atoms with E-state index in [1.807, 2.05) is 63.5 Å². The Morgan fingerprint density at radius 1 is 1.25 bits per heavy atom. The number of rotatable bonds is 7. The van der Waals surface area contributed by atoms with Crippen LogP contribution in [0, 0.1) is 11.7 Å². The van der Waals surface area contributed by atoms with Gasteiger partial charge in [0, 0.05) is 30.6 Å². The Morgan fingerprint density at radius 2 is 1.89 bits per heavy atom. The molecule has 0 unspecified atom stereocenters. The molecule has 2 N–H and O–H groups in total. The minimum absolute atomic E-state index is 0.0498. The Kier molecular flexibility index (Phi) is 7.12. The molecule has 0 bridgehead atoms. The van der Waals surface area contributed by atoms with E-state index in [1.54, 1.807) is 4.90 Å². The van der Waals surface area contributed by atoms with Crippen molar-refractivity contribution in [3.8, 4) is 11.4 Å². The maximum Gasteiger partial charge on any atom is 0.240 e. The molecule has 28 heavy (non-hydrogen) atoms. The molecule has 152 valence electrons. The lowest BCUT2D eigenvalue weighted by molar-refractivity contribution is -0.136. The van der Waals surface area contributed by atoms with Crippen LogP contribution in [0.4, 0.5) is 0 Å². The molecule has 8 heteroatoms. The van der Waals surface area contributed by atoms with Gasteiger partial charge in [-0.3, -0.25) is 19.3 Å². The largest absolute Gasteiger partial charge is 0.350 e. The van der Waals surface area contributed by atoms with E-state index in [-0.39, 0.29) is 30.3 Å². The van der Waals surface area contributed by atoms with Crippen LogP contribution in [0.3, 0.4) is 0 Å². The second-order valence-corrected chi connectivity index (χ2v) is 8.21. The first-order valence-electron chi connectivity index (χ1n) is 9.41. The first kappa shape index (κ1) is 21.8. The molecule has 0 aliphatic rings. The van der Waals surface area contributed by atoms with Crippen molar-refractivity contribution < 1.29 is 9.59 Å². The van der Waals surface area contributed by atoms with Gasteiger partial charge in [-0.05, 0) is 46.8 Å². The third-order valence-corrected chi connectivity index (χ3v) is 4.51. The van der Waals surface area contributed by atoms with E-state index in [1.165, 1.54) is 0 Å². The molecule has 0 spiro atoms. The molecule has 2 aromatic rings. The van der Waals surface area contributed by atoms with Gasteiger partial charge in [0.15, 0.2) is 10.6 Å². The standard InChI is InChI=1S/C20H29N5O2S/c1-6-24(13-16(26)21-20(3,4)5)17(27)11-12-25-18(22-23-19(25)28)15-9-7-14(2)8-10-15/h7-10H,6,11-13H2,1-5H3,(H,21,26)(H,23,28). The predicted octanol–water partition coefficient (Wildman–Crippen LogP) is 3.07. The summed E-state index contributed by atoms with van der Waals surface area (Å²) < 4.78 is 2.29. The number of aryl methyl sites for hydroxylation is 1. The van der Waals surface area contributed by atoms with Crippen molar-refractivity contribution >= 4 is 24.0 Å². The average molecular weight is 404 g/mol. The summed E-state index contributed by atoms with van der Waals surface area (Å²) in [6, 6.07) is 7.98. The van der Waals surface area contributed by atoms with E-state index in [9.17, 15) is 9.59 Å². The second kappa shape index (κ2) is 9.14. The van der Waals surface area contributed by atoms with E-state index in [0.29, 0.717) is 23.7 Å². The van der Waals surface area contributed by atoms with Crippen LogP contribution in [0.15, 0.2) is 24.3 Å². The summed E-state index contributed by atoms with van der Waals surface area (Å²) in [5, 5.41) is 9.99. The predicted molar refractivity (Wildman–Crippen MR) is 112 cm³/mol. The number of likely N-dealkylation sites (N-methyl/N-ethyl adjacent to an activating group) is 1. The van der Waals surface area contributed by atoms with E-state index in [0.717, 1.165) is 11.1 Å². The fourth-order valence-corrected chi connectivity index (χ4v) is 3.04. The Hall–Kier alpha value is -2.48. The number of aromatic nitrogens is 3. The molecule has 2 rings (SSSR count). The van der Waals surface area contributed by atoms with E-state index in [4.69, 9.17) is 12.2 Å². The number of amides is 2. The number of carbonyl (C=O) groups excluding carboxylic acids is 2.